The Labute approximate surface area is 185 Å². The second kappa shape index (κ2) is 8.60. The Balaban J connectivity index is 1.38. The van der Waals surface area contributed by atoms with Crippen LogP contribution in [0.1, 0.15) is 16.9 Å². The number of rotatable bonds is 4. The van der Waals surface area contributed by atoms with Crippen molar-refractivity contribution in [2.24, 2.45) is 5.92 Å². The summed E-state index contributed by atoms with van der Waals surface area (Å²) in [5.74, 6) is -2.41. The molecule has 3 amide bonds. The van der Waals surface area contributed by atoms with Gasteiger partial charge in [0.15, 0.2) is 11.4 Å². The van der Waals surface area contributed by atoms with Gasteiger partial charge in [-0.05, 0) is 40.2 Å². The highest BCUT2D eigenvalue weighted by Gasteiger charge is 2.36. The van der Waals surface area contributed by atoms with E-state index in [0.717, 1.165) is 4.47 Å². The van der Waals surface area contributed by atoms with Crippen molar-refractivity contribution in [3.05, 3.63) is 71.0 Å². The molecule has 0 aliphatic carbocycles. The van der Waals surface area contributed by atoms with Gasteiger partial charge >= 0.3 is 0 Å². The lowest BCUT2D eigenvalue weighted by Crippen LogP contribution is -2.45. The number of hydrogen-bond donors (Lipinski definition) is 3. The minimum Gasteiger partial charge on any atom is -0.504 e. The molecule has 0 saturated carbocycles. The Morgan fingerprint density at radius 1 is 1.06 bits per heavy atom. The second-order valence-electron chi connectivity index (χ2n) is 6.94. The normalized spacial score (nSPS) is 15.7. The zero-order valence-electron chi connectivity index (χ0n) is 16.2. The highest BCUT2D eigenvalue weighted by molar-refractivity contribution is 9.10. The van der Waals surface area contributed by atoms with Crippen molar-refractivity contribution in [1.82, 2.24) is 20.6 Å². The zero-order chi connectivity index (χ0) is 22.0. The van der Waals surface area contributed by atoms with Gasteiger partial charge in [0.2, 0.25) is 11.8 Å². The van der Waals surface area contributed by atoms with Gasteiger partial charge in [-0.3, -0.25) is 25.2 Å². The van der Waals surface area contributed by atoms with Crippen LogP contribution in [0, 0.1) is 5.92 Å². The van der Waals surface area contributed by atoms with Gasteiger partial charge in [0.05, 0.1) is 23.5 Å². The fourth-order valence-electron chi connectivity index (χ4n) is 3.31. The summed E-state index contributed by atoms with van der Waals surface area (Å²) in [6, 6.07) is 16.2. The SMILES string of the molecule is O=C(NNC(=O)C1CC(=O)N(c2ccccc2Br)C1)c1nn(-c2ccccc2)cc1O. The summed E-state index contributed by atoms with van der Waals surface area (Å²) in [6.45, 7) is 0.192. The van der Waals surface area contributed by atoms with E-state index in [1.807, 2.05) is 24.3 Å². The first-order valence-electron chi connectivity index (χ1n) is 9.43. The molecular formula is C21H18BrN5O4. The van der Waals surface area contributed by atoms with Gasteiger partial charge in [-0.25, -0.2) is 4.68 Å². The summed E-state index contributed by atoms with van der Waals surface area (Å²) in [6.07, 6.45) is 1.33. The van der Waals surface area contributed by atoms with E-state index in [9.17, 15) is 19.5 Å². The topological polar surface area (TPSA) is 117 Å². The number of aromatic nitrogens is 2. The van der Waals surface area contributed by atoms with Crippen LogP contribution in [0.4, 0.5) is 5.69 Å². The molecule has 3 N–H and O–H groups in total. The fourth-order valence-corrected chi connectivity index (χ4v) is 3.80. The molecule has 2 aromatic carbocycles. The molecule has 158 valence electrons. The van der Waals surface area contributed by atoms with Crippen LogP contribution in [0.3, 0.4) is 0 Å². The summed E-state index contributed by atoms with van der Waals surface area (Å²) in [5, 5.41) is 14.1. The third-order valence-electron chi connectivity index (χ3n) is 4.87. The van der Waals surface area contributed by atoms with Crippen molar-refractivity contribution >= 4 is 39.3 Å². The van der Waals surface area contributed by atoms with E-state index in [0.29, 0.717) is 11.4 Å². The number of benzene rings is 2. The van der Waals surface area contributed by atoms with Gasteiger partial charge in [-0.2, -0.15) is 5.10 Å². The van der Waals surface area contributed by atoms with Crippen LogP contribution in [0.25, 0.3) is 5.69 Å². The number of para-hydroxylation sites is 2. The molecule has 1 aliphatic rings. The molecule has 1 aliphatic heterocycles. The smallest absolute Gasteiger partial charge is 0.294 e. The molecule has 2 heterocycles. The predicted octanol–water partition coefficient (Wildman–Crippen LogP) is 2.15. The first kappa shape index (κ1) is 20.6. The predicted molar refractivity (Wildman–Crippen MR) is 115 cm³/mol. The lowest BCUT2D eigenvalue weighted by molar-refractivity contribution is -0.126. The number of hydrazine groups is 1. The lowest BCUT2D eigenvalue weighted by atomic mass is 10.1. The number of amides is 3. The minimum absolute atomic E-state index is 0.0247. The average Bonchev–Trinajstić information content (AvgIpc) is 3.36. The Morgan fingerprint density at radius 2 is 1.77 bits per heavy atom. The molecule has 0 spiro atoms. The minimum atomic E-state index is -0.771. The van der Waals surface area contributed by atoms with Crippen molar-refractivity contribution in [2.45, 2.75) is 6.42 Å². The fraction of sp³-hybridized carbons (Fsp3) is 0.143. The molecule has 4 rings (SSSR count). The summed E-state index contributed by atoms with van der Waals surface area (Å²) >= 11 is 3.41. The summed E-state index contributed by atoms with van der Waals surface area (Å²) in [7, 11) is 0. The van der Waals surface area contributed by atoms with Gasteiger partial charge in [0, 0.05) is 17.4 Å². The number of aromatic hydroxyl groups is 1. The van der Waals surface area contributed by atoms with Crippen LogP contribution in [0.15, 0.2) is 65.3 Å². The maximum atomic E-state index is 12.5. The van der Waals surface area contributed by atoms with Crippen LogP contribution >= 0.6 is 15.9 Å². The number of nitrogens with zero attached hydrogens (tertiary/aromatic N) is 3. The maximum Gasteiger partial charge on any atom is 0.294 e. The number of anilines is 1. The molecule has 1 fully saturated rings. The third-order valence-corrected chi connectivity index (χ3v) is 5.54. The molecule has 1 saturated heterocycles. The van der Waals surface area contributed by atoms with Crippen molar-refractivity contribution in [1.29, 1.82) is 0 Å². The lowest BCUT2D eigenvalue weighted by Gasteiger charge is -2.18. The summed E-state index contributed by atoms with van der Waals surface area (Å²) in [4.78, 5) is 38.8. The highest BCUT2D eigenvalue weighted by Crippen LogP contribution is 2.31. The molecule has 0 radical (unpaired) electrons. The van der Waals surface area contributed by atoms with Crippen LogP contribution < -0.4 is 15.8 Å². The van der Waals surface area contributed by atoms with E-state index < -0.39 is 17.7 Å². The van der Waals surface area contributed by atoms with Crippen LogP contribution in [0.2, 0.25) is 0 Å². The number of nitrogens with one attached hydrogen (secondary N) is 2. The number of hydrogen-bond acceptors (Lipinski definition) is 5. The van der Waals surface area contributed by atoms with E-state index >= 15 is 0 Å². The molecular weight excluding hydrogens is 466 g/mol. The Hall–Kier alpha value is -3.66. The molecule has 9 nitrogen and oxygen atoms in total. The van der Waals surface area contributed by atoms with Crippen LogP contribution in [-0.4, -0.2) is 39.2 Å². The monoisotopic (exact) mass is 483 g/mol. The molecule has 1 unspecified atom stereocenters. The van der Waals surface area contributed by atoms with E-state index in [2.05, 4.69) is 31.9 Å². The largest absolute Gasteiger partial charge is 0.504 e. The third kappa shape index (κ3) is 4.29. The maximum absolute atomic E-state index is 12.5. The highest BCUT2D eigenvalue weighted by atomic mass is 79.9. The van der Waals surface area contributed by atoms with Crippen molar-refractivity contribution in [3.63, 3.8) is 0 Å². The first-order chi connectivity index (χ1) is 14.9. The molecule has 31 heavy (non-hydrogen) atoms. The number of halogens is 1. The van der Waals surface area contributed by atoms with E-state index in [4.69, 9.17) is 0 Å². The van der Waals surface area contributed by atoms with Gasteiger partial charge < -0.3 is 10.0 Å². The summed E-state index contributed by atoms with van der Waals surface area (Å²) < 4.78 is 2.11. The van der Waals surface area contributed by atoms with Crippen molar-refractivity contribution in [3.8, 4) is 11.4 Å². The molecule has 0 bridgehead atoms. The Morgan fingerprint density at radius 3 is 2.52 bits per heavy atom. The first-order valence-corrected chi connectivity index (χ1v) is 10.2. The zero-order valence-corrected chi connectivity index (χ0v) is 17.7. The van der Waals surface area contributed by atoms with Crippen LogP contribution in [-0.2, 0) is 9.59 Å². The van der Waals surface area contributed by atoms with Gasteiger partial charge in [-0.15, -0.1) is 0 Å². The van der Waals surface area contributed by atoms with E-state index in [1.165, 1.54) is 15.8 Å². The van der Waals surface area contributed by atoms with Gasteiger partial charge in [0.1, 0.15) is 0 Å². The van der Waals surface area contributed by atoms with Gasteiger partial charge in [0.25, 0.3) is 5.91 Å². The van der Waals surface area contributed by atoms with Crippen molar-refractivity contribution < 1.29 is 19.5 Å². The Bertz CT molecular complexity index is 1150. The van der Waals surface area contributed by atoms with Crippen LogP contribution in [0.5, 0.6) is 5.75 Å². The van der Waals surface area contributed by atoms with E-state index in [-0.39, 0.29) is 30.3 Å². The summed E-state index contributed by atoms with van der Waals surface area (Å²) in [5.41, 5.74) is 5.68. The standard InChI is InChI=1S/C21H18BrN5O4/c22-15-8-4-5-9-16(15)26-11-13(10-18(26)29)20(30)23-24-21(31)19-17(28)12-27(25-19)14-6-2-1-3-7-14/h1-9,12-13,28H,10-11H2,(H,23,30)(H,24,31). The average molecular weight is 484 g/mol. The second-order valence-corrected chi connectivity index (χ2v) is 7.80. The Kier molecular flexibility index (Phi) is 5.72. The molecule has 1 atom stereocenters. The molecule has 3 aromatic rings. The van der Waals surface area contributed by atoms with Gasteiger partial charge in [-0.1, -0.05) is 30.3 Å². The number of carbonyl (C=O) groups excluding carboxylic acids is 3. The number of carbonyl (C=O) groups is 3. The van der Waals surface area contributed by atoms with E-state index in [1.54, 1.807) is 30.3 Å². The quantitative estimate of drug-likeness (QED) is 0.491. The van der Waals surface area contributed by atoms with Crippen molar-refractivity contribution in [2.75, 3.05) is 11.4 Å². The molecule has 10 heteroatoms. The molecule has 1 aromatic heterocycles.